The van der Waals surface area contributed by atoms with Gasteiger partial charge in [-0.3, -0.25) is 4.79 Å². The fraction of sp³-hybridized carbons (Fsp3) is 0.533. The zero-order valence-electron chi connectivity index (χ0n) is 22.7. The Bertz CT molecular complexity index is 1250. The normalized spacial score (nSPS) is 20.5. The van der Waals surface area contributed by atoms with Crippen LogP contribution in [-0.4, -0.2) is 68.8 Å². The van der Waals surface area contributed by atoms with E-state index in [0.717, 1.165) is 82.3 Å². The largest absolute Gasteiger partial charge is 0.446 e. The van der Waals surface area contributed by atoms with E-state index >= 15 is 0 Å². The molecule has 2 aliphatic heterocycles. The van der Waals surface area contributed by atoms with Gasteiger partial charge < -0.3 is 19.9 Å². The fourth-order valence-corrected chi connectivity index (χ4v) is 6.54. The van der Waals surface area contributed by atoms with Crippen LogP contribution < -0.4 is 5.32 Å². The number of alkyl carbamates (subject to hydrolysis) is 1. The molecule has 3 aliphatic rings. The Morgan fingerprint density at radius 1 is 1.03 bits per heavy atom. The quantitative estimate of drug-likeness (QED) is 0.497. The van der Waals surface area contributed by atoms with E-state index in [-0.39, 0.29) is 29.6 Å². The monoisotopic (exact) mass is 553 g/mol. The lowest BCUT2D eigenvalue weighted by atomic mass is 9.77. The molecule has 3 fully saturated rings. The third-order valence-corrected chi connectivity index (χ3v) is 9.82. The summed E-state index contributed by atoms with van der Waals surface area (Å²) in [6.07, 6.45) is 7.24. The van der Waals surface area contributed by atoms with Crippen LogP contribution in [-0.2, 0) is 25.9 Å². The Morgan fingerprint density at radius 3 is 2.31 bits per heavy atom. The molecule has 210 valence electrons. The van der Waals surface area contributed by atoms with E-state index in [1.165, 1.54) is 6.26 Å². The van der Waals surface area contributed by atoms with Gasteiger partial charge in [-0.2, -0.15) is 0 Å². The minimum Gasteiger partial charge on any atom is -0.446 e. The van der Waals surface area contributed by atoms with E-state index in [2.05, 4.69) is 10.2 Å². The summed E-state index contributed by atoms with van der Waals surface area (Å²) in [5.41, 5.74) is 1.72. The predicted molar refractivity (Wildman–Crippen MR) is 149 cm³/mol. The number of piperidine rings is 1. The molecule has 1 atom stereocenters. The zero-order valence-corrected chi connectivity index (χ0v) is 23.5. The maximum Gasteiger partial charge on any atom is 0.407 e. The second-order valence-electron chi connectivity index (χ2n) is 11.4. The van der Waals surface area contributed by atoms with Gasteiger partial charge in [0.25, 0.3) is 0 Å². The SMILES string of the molecule is CS(=O)(=O)c1ccc(CN2CCC3(CCN(CC[C@H](NC(=O)OC4CCC4)c4ccccc4)CC3)C2=O)cc1. The van der Waals surface area contributed by atoms with Crippen LogP contribution in [0.4, 0.5) is 4.79 Å². The number of hydrogen-bond donors (Lipinski definition) is 1. The zero-order chi connectivity index (χ0) is 27.5. The van der Waals surface area contributed by atoms with Crippen molar-refractivity contribution in [3.05, 3.63) is 65.7 Å². The summed E-state index contributed by atoms with van der Waals surface area (Å²) in [5, 5.41) is 3.09. The van der Waals surface area contributed by atoms with E-state index in [1.54, 1.807) is 24.3 Å². The number of ether oxygens (including phenoxy) is 1. The lowest BCUT2D eigenvalue weighted by Gasteiger charge is -2.38. The molecule has 1 aliphatic carbocycles. The minimum atomic E-state index is -3.23. The van der Waals surface area contributed by atoms with Gasteiger partial charge in [0.1, 0.15) is 6.10 Å². The van der Waals surface area contributed by atoms with E-state index in [4.69, 9.17) is 4.74 Å². The molecule has 2 aromatic rings. The van der Waals surface area contributed by atoms with Crippen molar-refractivity contribution in [2.24, 2.45) is 5.41 Å². The summed E-state index contributed by atoms with van der Waals surface area (Å²) in [6.45, 7) is 3.79. The predicted octanol–water partition coefficient (Wildman–Crippen LogP) is 4.31. The molecule has 5 rings (SSSR count). The highest BCUT2D eigenvalue weighted by atomic mass is 32.2. The van der Waals surface area contributed by atoms with Gasteiger partial charge in [0.15, 0.2) is 9.84 Å². The number of sulfone groups is 1. The van der Waals surface area contributed by atoms with Crippen molar-refractivity contribution in [3.63, 3.8) is 0 Å². The van der Waals surface area contributed by atoms with Crippen molar-refractivity contribution in [2.45, 2.75) is 68.5 Å². The first kappa shape index (κ1) is 27.6. The smallest absolute Gasteiger partial charge is 0.407 e. The first-order valence-electron chi connectivity index (χ1n) is 14.0. The molecule has 0 radical (unpaired) electrons. The van der Waals surface area contributed by atoms with Crippen LogP contribution in [0.15, 0.2) is 59.5 Å². The molecule has 2 amide bonds. The molecule has 9 heteroatoms. The first-order chi connectivity index (χ1) is 18.7. The number of nitrogens with one attached hydrogen (secondary N) is 1. The second kappa shape index (κ2) is 11.7. The summed E-state index contributed by atoms with van der Waals surface area (Å²) >= 11 is 0. The van der Waals surface area contributed by atoms with Crippen molar-refractivity contribution in [1.29, 1.82) is 0 Å². The average Bonchev–Trinajstić information content (AvgIpc) is 3.19. The first-order valence-corrected chi connectivity index (χ1v) is 15.9. The molecular formula is C30H39N3O5S. The molecule has 1 N–H and O–H groups in total. The number of carbonyl (C=O) groups is 2. The van der Waals surface area contributed by atoms with Crippen molar-refractivity contribution < 1.29 is 22.7 Å². The number of likely N-dealkylation sites (tertiary alicyclic amines) is 2. The number of carbonyl (C=O) groups excluding carboxylic acids is 2. The lowest BCUT2D eigenvalue weighted by Crippen LogP contribution is -2.45. The van der Waals surface area contributed by atoms with Gasteiger partial charge in [0.2, 0.25) is 5.91 Å². The molecule has 2 saturated heterocycles. The molecule has 8 nitrogen and oxygen atoms in total. The van der Waals surface area contributed by atoms with Gasteiger partial charge in [0, 0.05) is 25.9 Å². The van der Waals surface area contributed by atoms with Crippen molar-refractivity contribution in [1.82, 2.24) is 15.1 Å². The van der Waals surface area contributed by atoms with Gasteiger partial charge in [-0.05, 0) is 81.3 Å². The van der Waals surface area contributed by atoms with Crippen LogP contribution in [0.5, 0.6) is 0 Å². The highest BCUT2D eigenvalue weighted by Gasteiger charge is 2.47. The summed E-state index contributed by atoms with van der Waals surface area (Å²) in [7, 11) is -3.23. The third-order valence-electron chi connectivity index (χ3n) is 8.69. The number of nitrogens with zero attached hydrogens (tertiary/aromatic N) is 2. The topological polar surface area (TPSA) is 96.0 Å². The van der Waals surface area contributed by atoms with E-state index in [0.29, 0.717) is 11.4 Å². The minimum absolute atomic E-state index is 0.0510. The summed E-state index contributed by atoms with van der Waals surface area (Å²) in [6, 6.07) is 16.8. The molecule has 1 saturated carbocycles. The van der Waals surface area contributed by atoms with Crippen LogP contribution in [0.2, 0.25) is 0 Å². The molecule has 0 bridgehead atoms. The molecule has 2 heterocycles. The number of rotatable bonds is 9. The molecule has 2 aromatic carbocycles. The molecular weight excluding hydrogens is 514 g/mol. The van der Waals surface area contributed by atoms with Gasteiger partial charge in [-0.25, -0.2) is 13.2 Å². The Labute approximate surface area is 231 Å². The van der Waals surface area contributed by atoms with E-state index in [1.807, 2.05) is 35.2 Å². The standard InChI is InChI=1S/C30H39N3O5S/c1-39(36,37)26-12-10-23(11-13-26)22-33-21-17-30(28(33)34)15-19-32(20-16-30)18-14-27(24-6-3-2-4-7-24)31-29(35)38-25-8-5-9-25/h2-4,6-7,10-13,25,27H,5,8-9,14-22H2,1H3,(H,31,35)/t27-/m0/s1. The van der Waals surface area contributed by atoms with E-state index in [9.17, 15) is 18.0 Å². The van der Waals surface area contributed by atoms with Crippen LogP contribution in [0.1, 0.15) is 62.1 Å². The maximum absolute atomic E-state index is 13.5. The molecule has 39 heavy (non-hydrogen) atoms. The Kier molecular flexibility index (Phi) is 8.28. The van der Waals surface area contributed by atoms with Crippen molar-refractivity contribution in [2.75, 3.05) is 32.4 Å². The maximum atomic E-state index is 13.5. The summed E-state index contributed by atoms with van der Waals surface area (Å²) in [5.74, 6) is 0.219. The Hall–Kier alpha value is -2.91. The highest BCUT2D eigenvalue weighted by Crippen LogP contribution is 2.42. The van der Waals surface area contributed by atoms with Crippen LogP contribution in [0, 0.1) is 5.41 Å². The number of benzene rings is 2. The molecule has 0 aromatic heterocycles. The van der Waals surface area contributed by atoms with Crippen molar-refractivity contribution in [3.8, 4) is 0 Å². The summed E-state index contributed by atoms with van der Waals surface area (Å²) in [4.78, 5) is 30.6. The van der Waals surface area contributed by atoms with Gasteiger partial charge in [0.05, 0.1) is 16.4 Å². The molecule has 1 spiro atoms. The number of hydrogen-bond acceptors (Lipinski definition) is 6. The van der Waals surface area contributed by atoms with Crippen LogP contribution >= 0.6 is 0 Å². The molecule has 0 unspecified atom stereocenters. The van der Waals surface area contributed by atoms with Crippen molar-refractivity contribution >= 4 is 21.8 Å². The second-order valence-corrected chi connectivity index (χ2v) is 13.4. The Morgan fingerprint density at radius 2 is 1.69 bits per heavy atom. The fourth-order valence-electron chi connectivity index (χ4n) is 5.91. The third kappa shape index (κ3) is 6.64. The van der Waals surface area contributed by atoms with E-state index < -0.39 is 9.84 Å². The van der Waals surface area contributed by atoms with Crippen LogP contribution in [0.3, 0.4) is 0 Å². The van der Waals surface area contributed by atoms with Crippen LogP contribution in [0.25, 0.3) is 0 Å². The highest BCUT2D eigenvalue weighted by molar-refractivity contribution is 7.90. The average molecular weight is 554 g/mol. The van der Waals surface area contributed by atoms with Gasteiger partial charge in [-0.1, -0.05) is 42.5 Å². The lowest BCUT2D eigenvalue weighted by molar-refractivity contribution is -0.138. The summed E-state index contributed by atoms with van der Waals surface area (Å²) < 4.78 is 29.0. The number of amides is 2. The Balaban J connectivity index is 1.13. The van der Waals surface area contributed by atoms with Gasteiger partial charge >= 0.3 is 6.09 Å². The van der Waals surface area contributed by atoms with Gasteiger partial charge in [-0.15, -0.1) is 0 Å².